The fraction of sp³-hybridized carbons (Fsp3) is 0.550. The molecule has 28 heavy (non-hydrogen) atoms. The number of esters is 1. The summed E-state index contributed by atoms with van der Waals surface area (Å²) < 4.78 is 4.81. The number of ether oxygens (including phenoxy) is 1. The monoisotopic (exact) mass is 405 g/mol. The lowest BCUT2D eigenvalue weighted by atomic mass is 10.1. The summed E-state index contributed by atoms with van der Waals surface area (Å²) in [5.74, 6) is 0.649. The molecule has 0 spiro atoms. The van der Waals surface area contributed by atoms with Crippen molar-refractivity contribution in [2.75, 3.05) is 63.6 Å². The Morgan fingerprint density at radius 2 is 1.75 bits per heavy atom. The maximum Gasteiger partial charge on any atom is 0.320 e. The van der Waals surface area contributed by atoms with Crippen LogP contribution in [0.15, 0.2) is 24.3 Å². The van der Waals surface area contributed by atoms with Crippen molar-refractivity contribution >= 4 is 35.1 Å². The molecule has 0 saturated carbocycles. The first kappa shape index (κ1) is 20.7. The van der Waals surface area contributed by atoms with E-state index in [1.165, 1.54) is 7.11 Å². The Hall–Kier alpha value is -2.06. The van der Waals surface area contributed by atoms with E-state index in [2.05, 4.69) is 9.80 Å². The van der Waals surface area contributed by atoms with Crippen molar-refractivity contribution in [3.8, 4) is 0 Å². The van der Waals surface area contributed by atoms with E-state index in [-0.39, 0.29) is 22.9 Å². The zero-order valence-corrected chi connectivity index (χ0v) is 17.2. The fourth-order valence-electron chi connectivity index (χ4n) is 3.51. The summed E-state index contributed by atoms with van der Waals surface area (Å²) in [5, 5.41) is -0.280. The topological polar surface area (TPSA) is 70.2 Å². The molecule has 0 aromatic heterocycles. The van der Waals surface area contributed by atoms with E-state index >= 15 is 0 Å². The lowest BCUT2D eigenvalue weighted by molar-refractivity contribution is -0.141. The summed E-state index contributed by atoms with van der Waals surface area (Å²) in [6, 6.07) is 7.69. The quantitative estimate of drug-likeness (QED) is 0.537. The van der Waals surface area contributed by atoms with Gasteiger partial charge in [0.25, 0.3) is 0 Å². The van der Waals surface area contributed by atoms with Gasteiger partial charge in [-0.25, -0.2) is 0 Å². The summed E-state index contributed by atoms with van der Waals surface area (Å²) in [6.45, 7) is 6.36. The zero-order chi connectivity index (χ0) is 20.1. The van der Waals surface area contributed by atoms with Crippen LogP contribution in [0.2, 0.25) is 0 Å². The molecule has 2 aliphatic rings. The van der Waals surface area contributed by atoms with Crippen LogP contribution in [-0.4, -0.2) is 91.4 Å². The number of carbonyl (C=O) groups excluding carboxylic acids is 3. The van der Waals surface area contributed by atoms with Crippen molar-refractivity contribution in [2.45, 2.75) is 12.2 Å². The largest absolute Gasteiger partial charge is 0.468 e. The Morgan fingerprint density at radius 1 is 1.07 bits per heavy atom. The van der Waals surface area contributed by atoms with Crippen molar-refractivity contribution in [1.82, 2.24) is 9.80 Å². The number of hydrogen-bond donors (Lipinski definition) is 0. The molecule has 2 heterocycles. The number of piperazine rings is 1. The van der Waals surface area contributed by atoms with Crippen LogP contribution >= 0.6 is 11.8 Å². The molecule has 0 N–H and O–H groups in total. The lowest BCUT2D eigenvalue weighted by Crippen LogP contribution is -2.52. The van der Waals surface area contributed by atoms with Gasteiger partial charge in [-0.1, -0.05) is 0 Å². The predicted molar refractivity (Wildman–Crippen MR) is 110 cm³/mol. The van der Waals surface area contributed by atoms with Crippen molar-refractivity contribution in [1.29, 1.82) is 0 Å². The molecular weight excluding hydrogens is 378 g/mol. The van der Waals surface area contributed by atoms with Gasteiger partial charge in [-0.05, 0) is 31.2 Å². The van der Waals surface area contributed by atoms with E-state index < -0.39 is 0 Å². The minimum atomic E-state index is -0.280. The highest BCUT2D eigenvalue weighted by molar-refractivity contribution is 8.00. The molecule has 0 aliphatic carbocycles. The summed E-state index contributed by atoms with van der Waals surface area (Å²) in [6.07, 6.45) is 0. The van der Waals surface area contributed by atoms with E-state index in [0.29, 0.717) is 19.6 Å². The normalized spacial score (nSPS) is 20.7. The SMILES string of the molecule is COC(=O)[C@H]1CN(C(=O)CN2CCN(c3ccc(C(C)=O)cc3)CC2)CCS1. The van der Waals surface area contributed by atoms with Gasteiger partial charge < -0.3 is 14.5 Å². The third kappa shape index (κ3) is 5.05. The van der Waals surface area contributed by atoms with Crippen molar-refractivity contribution in [3.05, 3.63) is 29.8 Å². The standard InChI is InChI=1S/C20H27N3O4S/c1-15(24)16-3-5-17(6-4-16)22-9-7-21(8-10-22)14-19(25)23-11-12-28-18(13-23)20(26)27-2/h3-6,18H,7-14H2,1-2H3/t18-/m1/s1. The average molecular weight is 406 g/mol. The van der Waals surface area contributed by atoms with Crippen LogP contribution in [-0.2, 0) is 14.3 Å². The van der Waals surface area contributed by atoms with Gasteiger partial charge in [0.05, 0.1) is 13.7 Å². The second kappa shape index (κ2) is 9.43. The van der Waals surface area contributed by atoms with Crippen LogP contribution in [0.4, 0.5) is 5.69 Å². The van der Waals surface area contributed by atoms with Crippen molar-refractivity contribution in [2.24, 2.45) is 0 Å². The molecule has 0 radical (unpaired) electrons. The Bertz CT molecular complexity index is 717. The molecule has 2 saturated heterocycles. The van der Waals surface area contributed by atoms with Gasteiger partial charge in [0.1, 0.15) is 5.25 Å². The van der Waals surface area contributed by atoms with Gasteiger partial charge >= 0.3 is 5.97 Å². The van der Waals surface area contributed by atoms with Crippen LogP contribution in [0.3, 0.4) is 0 Å². The summed E-state index contributed by atoms with van der Waals surface area (Å²) in [5.41, 5.74) is 1.82. The summed E-state index contributed by atoms with van der Waals surface area (Å²) in [4.78, 5) is 42.0. The third-order valence-electron chi connectivity index (χ3n) is 5.25. The average Bonchev–Trinajstić information content (AvgIpc) is 2.74. The third-order valence-corrected chi connectivity index (χ3v) is 6.42. The summed E-state index contributed by atoms with van der Waals surface area (Å²) in [7, 11) is 1.39. The van der Waals surface area contributed by atoms with Crippen LogP contribution in [0.5, 0.6) is 0 Å². The molecular formula is C20H27N3O4S. The molecule has 2 aliphatic heterocycles. The number of amides is 1. The van der Waals surface area contributed by atoms with Gasteiger partial charge in [0.2, 0.25) is 5.91 Å². The highest BCUT2D eigenvalue weighted by Crippen LogP contribution is 2.21. The number of hydrogen-bond acceptors (Lipinski definition) is 7. The second-order valence-electron chi connectivity index (χ2n) is 7.09. The molecule has 1 atom stereocenters. The highest BCUT2D eigenvalue weighted by Gasteiger charge is 2.30. The van der Waals surface area contributed by atoms with Gasteiger partial charge in [0.15, 0.2) is 5.78 Å². The molecule has 1 aromatic carbocycles. The Kier molecular flexibility index (Phi) is 6.96. The van der Waals surface area contributed by atoms with Crippen molar-refractivity contribution in [3.63, 3.8) is 0 Å². The van der Waals surface area contributed by atoms with E-state index in [1.807, 2.05) is 24.3 Å². The number of rotatable bonds is 5. The minimum Gasteiger partial charge on any atom is -0.468 e. The van der Waals surface area contributed by atoms with E-state index in [4.69, 9.17) is 4.74 Å². The van der Waals surface area contributed by atoms with Crippen LogP contribution in [0, 0.1) is 0 Å². The molecule has 2 fully saturated rings. The lowest BCUT2D eigenvalue weighted by Gasteiger charge is -2.37. The smallest absolute Gasteiger partial charge is 0.320 e. The Labute approximate surface area is 170 Å². The Balaban J connectivity index is 1.48. The van der Waals surface area contributed by atoms with E-state index in [1.54, 1.807) is 23.6 Å². The number of carbonyl (C=O) groups is 3. The van der Waals surface area contributed by atoms with Gasteiger partial charge in [-0.15, -0.1) is 11.8 Å². The first-order valence-corrected chi connectivity index (χ1v) is 10.6. The molecule has 0 unspecified atom stereocenters. The number of thioether (sulfide) groups is 1. The van der Waals surface area contributed by atoms with Gasteiger partial charge in [-0.2, -0.15) is 0 Å². The molecule has 1 amide bonds. The zero-order valence-electron chi connectivity index (χ0n) is 16.4. The minimum absolute atomic E-state index is 0.0698. The van der Waals surface area contributed by atoms with Crippen LogP contribution in [0.25, 0.3) is 0 Å². The molecule has 1 aromatic rings. The fourth-order valence-corrected chi connectivity index (χ4v) is 4.64. The molecule has 8 heteroatoms. The number of benzene rings is 1. The Morgan fingerprint density at radius 3 is 2.36 bits per heavy atom. The number of nitrogens with zero attached hydrogens (tertiary/aromatic N) is 3. The highest BCUT2D eigenvalue weighted by atomic mass is 32.2. The number of Topliss-reactive ketones (excluding diaryl/α,β-unsaturated/α-hetero) is 1. The van der Waals surface area contributed by atoms with Gasteiger partial charge in [0, 0.05) is 56.3 Å². The van der Waals surface area contributed by atoms with E-state index in [9.17, 15) is 14.4 Å². The first-order valence-electron chi connectivity index (χ1n) is 9.53. The molecule has 0 bridgehead atoms. The predicted octanol–water partition coefficient (Wildman–Crippen LogP) is 1.13. The first-order chi connectivity index (χ1) is 13.5. The van der Waals surface area contributed by atoms with Crippen molar-refractivity contribution < 1.29 is 19.1 Å². The van der Waals surface area contributed by atoms with Gasteiger partial charge in [-0.3, -0.25) is 19.3 Å². The number of ketones is 1. The van der Waals surface area contributed by atoms with Crippen LogP contribution in [0.1, 0.15) is 17.3 Å². The second-order valence-corrected chi connectivity index (χ2v) is 8.40. The molecule has 7 nitrogen and oxygen atoms in total. The molecule has 152 valence electrons. The summed E-state index contributed by atoms with van der Waals surface area (Å²) >= 11 is 1.55. The maximum atomic E-state index is 12.7. The number of methoxy groups -OCH3 is 1. The van der Waals surface area contributed by atoms with Crippen LogP contribution < -0.4 is 4.90 Å². The molecule has 3 rings (SSSR count). The maximum absolute atomic E-state index is 12.7. The number of anilines is 1. The van der Waals surface area contributed by atoms with E-state index in [0.717, 1.165) is 43.2 Å².